The first-order chi connectivity index (χ1) is 9.04. The van der Waals surface area contributed by atoms with Gasteiger partial charge in [-0.25, -0.2) is 0 Å². The van der Waals surface area contributed by atoms with Crippen LogP contribution in [0, 0.1) is 5.92 Å². The number of nitrogens with two attached hydrogens (primary N) is 2. The van der Waals surface area contributed by atoms with Gasteiger partial charge in [0.15, 0.2) is 0 Å². The Morgan fingerprint density at radius 2 is 2.05 bits per heavy atom. The van der Waals surface area contributed by atoms with E-state index in [1.165, 1.54) is 4.68 Å². The SMILES string of the molecule is NC(=O)C1CCC(NC(=O)Cn2ccc(N)n2)CC1. The molecule has 0 unspecified atom stereocenters. The molecule has 0 spiro atoms. The van der Waals surface area contributed by atoms with Crippen molar-refractivity contribution in [1.82, 2.24) is 15.1 Å². The fourth-order valence-corrected chi connectivity index (χ4v) is 2.41. The van der Waals surface area contributed by atoms with Gasteiger partial charge >= 0.3 is 0 Å². The van der Waals surface area contributed by atoms with Crippen molar-refractivity contribution in [2.75, 3.05) is 5.73 Å². The maximum absolute atomic E-state index is 11.8. The zero-order chi connectivity index (χ0) is 13.8. The quantitative estimate of drug-likeness (QED) is 0.688. The molecule has 1 aromatic heterocycles. The Morgan fingerprint density at radius 3 is 2.58 bits per heavy atom. The summed E-state index contributed by atoms with van der Waals surface area (Å²) < 4.78 is 1.50. The Labute approximate surface area is 111 Å². The highest BCUT2D eigenvalue weighted by molar-refractivity contribution is 5.77. The summed E-state index contributed by atoms with van der Waals surface area (Å²) >= 11 is 0. The number of hydrogen-bond acceptors (Lipinski definition) is 4. The minimum atomic E-state index is -0.239. The average molecular weight is 265 g/mol. The highest BCUT2D eigenvalue weighted by Gasteiger charge is 2.25. The van der Waals surface area contributed by atoms with E-state index in [0.29, 0.717) is 5.82 Å². The minimum absolute atomic E-state index is 0.0425. The van der Waals surface area contributed by atoms with E-state index in [1.807, 2.05) is 0 Å². The zero-order valence-corrected chi connectivity index (χ0v) is 10.7. The van der Waals surface area contributed by atoms with Gasteiger partial charge in [0, 0.05) is 18.2 Å². The minimum Gasteiger partial charge on any atom is -0.382 e. The van der Waals surface area contributed by atoms with Crippen molar-refractivity contribution < 1.29 is 9.59 Å². The monoisotopic (exact) mass is 265 g/mol. The van der Waals surface area contributed by atoms with Crippen LogP contribution in [0.25, 0.3) is 0 Å². The molecule has 7 nitrogen and oxygen atoms in total. The highest BCUT2D eigenvalue weighted by Crippen LogP contribution is 2.23. The van der Waals surface area contributed by atoms with Crippen LogP contribution in [-0.4, -0.2) is 27.6 Å². The third-order valence-electron chi connectivity index (χ3n) is 3.46. The molecule has 0 atom stereocenters. The van der Waals surface area contributed by atoms with Gasteiger partial charge in [0.25, 0.3) is 0 Å². The van der Waals surface area contributed by atoms with Gasteiger partial charge < -0.3 is 16.8 Å². The largest absolute Gasteiger partial charge is 0.382 e. The molecule has 1 fully saturated rings. The van der Waals surface area contributed by atoms with Gasteiger partial charge in [0.05, 0.1) is 0 Å². The lowest BCUT2D eigenvalue weighted by Crippen LogP contribution is -2.41. The van der Waals surface area contributed by atoms with Crippen LogP contribution in [0.5, 0.6) is 0 Å². The van der Waals surface area contributed by atoms with Gasteiger partial charge in [-0.15, -0.1) is 0 Å². The number of nitrogens with one attached hydrogen (secondary N) is 1. The molecular formula is C12H19N5O2. The predicted molar refractivity (Wildman–Crippen MR) is 69.7 cm³/mol. The summed E-state index contributed by atoms with van der Waals surface area (Å²) in [6.45, 7) is 0.160. The maximum atomic E-state index is 11.8. The smallest absolute Gasteiger partial charge is 0.241 e. The second-order valence-electron chi connectivity index (χ2n) is 4.96. The molecule has 0 bridgehead atoms. The van der Waals surface area contributed by atoms with Crippen molar-refractivity contribution in [2.24, 2.45) is 11.7 Å². The first-order valence-corrected chi connectivity index (χ1v) is 6.42. The average Bonchev–Trinajstić information content (AvgIpc) is 2.75. The first-order valence-electron chi connectivity index (χ1n) is 6.42. The van der Waals surface area contributed by atoms with Crippen LogP contribution in [0.4, 0.5) is 5.82 Å². The summed E-state index contributed by atoms with van der Waals surface area (Å²) in [4.78, 5) is 22.8. The number of nitrogen functional groups attached to an aromatic ring is 1. The molecule has 0 aliphatic heterocycles. The van der Waals surface area contributed by atoms with Crippen LogP contribution in [0.2, 0.25) is 0 Å². The molecule has 1 aromatic rings. The van der Waals surface area contributed by atoms with E-state index in [2.05, 4.69) is 10.4 Å². The summed E-state index contributed by atoms with van der Waals surface area (Å²) in [5, 5.41) is 6.89. The fourth-order valence-electron chi connectivity index (χ4n) is 2.41. The zero-order valence-electron chi connectivity index (χ0n) is 10.7. The third-order valence-corrected chi connectivity index (χ3v) is 3.46. The van der Waals surface area contributed by atoms with Crippen molar-refractivity contribution in [3.05, 3.63) is 12.3 Å². The van der Waals surface area contributed by atoms with Crippen LogP contribution in [0.3, 0.4) is 0 Å². The van der Waals surface area contributed by atoms with Crippen LogP contribution in [-0.2, 0) is 16.1 Å². The first kappa shape index (κ1) is 13.4. The van der Waals surface area contributed by atoms with Gasteiger partial charge in [-0.1, -0.05) is 0 Å². The number of aromatic nitrogens is 2. The number of carbonyl (C=O) groups excluding carboxylic acids is 2. The molecule has 5 N–H and O–H groups in total. The lowest BCUT2D eigenvalue weighted by molar-refractivity contribution is -0.123. The van der Waals surface area contributed by atoms with Crippen LogP contribution in [0.1, 0.15) is 25.7 Å². The standard InChI is InChI=1S/C12H19N5O2/c13-10-5-6-17(16-10)7-11(18)15-9-3-1-8(2-4-9)12(14)19/h5-6,8-9H,1-4,7H2,(H2,13,16)(H2,14,19)(H,15,18). The number of anilines is 1. The number of nitrogens with zero attached hydrogens (tertiary/aromatic N) is 2. The fraction of sp³-hybridized carbons (Fsp3) is 0.583. The molecule has 7 heteroatoms. The van der Waals surface area contributed by atoms with E-state index in [9.17, 15) is 9.59 Å². The molecule has 19 heavy (non-hydrogen) atoms. The van der Waals surface area contributed by atoms with E-state index in [0.717, 1.165) is 25.7 Å². The van der Waals surface area contributed by atoms with Crippen molar-refractivity contribution in [1.29, 1.82) is 0 Å². The Kier molecular flexibility index (Phi) is 4.03. The lowest BCUT2D eigenvalue weighted by Gasteiger charge is -2.27. The number of primary amides is 1. The van der Waals surface area contributed by atoms with Gasteiger partial charge in [-0.05, 0) is 31.7 Å². The van der Waals surface area contributed by atoms with E-state index < -0.39 is 0 Å². The number of rotatable bonds is 4. The van der Waals surface area contributed by atoms with E-state index in [1.54, 1.807) is 12.3 Å². The molecule has 2 rings (SSSR count). The van der Waals surface area contributed by atoms with Crippen LogP contribution < -0.4 is 16.8 Å². The second kappa shape index (κ2) is 5.73. The van der Waals surface area contributed by atoms with Crippen LogP contribution in [0.15, 0.2) is 12.3 Å². The highest BCUT2D eigenvalue weighted by atomic mass is 16.2. The van der Waals surface area contributed by atoms with Crippen molar-refractivity contribution in [3.8, 4) is 0 Å². The molecular weight excluding hydrogens is 246 g/mol. The van der Waals surface area contributed by atoms with Crippen molar-refractivity contribution in [2.45, 2.75) is 38.3 Å². The summed E-state index contributed by atoms with van der Waals surface area (Å²) in [6.07, 6.45) is 4.74. The second-order valence-corrected chi connectivity index (χ2v) is 4.96. The molecule has 1 aliphatic carbocycles. The molecule has 2 amide bonds. The number of amides is 2. The third kappa shape index (κ3) is 3.70. The lowest BCUT2D eigenvalue weighted by atomic mass is 9.85. The molecule has 104 valence electrons. The predicted octanol–water partition coefficient (Wildman–Crippen LogP) is -0.374. The normalized spacial score (nSPS) is 22.9. The number of carbonyl (C=O) groups is 2. The van der Waals surface area contributed by atoms with Gasteiger partial charge in [-0.2, -0.15) is 5.10 Å². The Bertz CT molecular complexity index is 462. The molecule has 1 saturated carbocycles. The van der Waals surface area contributed by atoms with E-state index in [4.69, 9.17) is 11.5 Å². The van der Waals surface area contributed by atoms with Crippen LogP contribution >= 0.6 is 0 Å². The maximum Gasteiger partial charge on any atom is 0.241 e. The topological polar surface area (TPSA) is 116 Å². The van der Waals surface area contributed by atoms with Crippen molar-refractivity contribution in [3.63, 3.8) is 0 Å². The molecule has 1 aliphatic rings. The summed E-state index contributed by atoms with van der Waals surface area (Å²) in [5.41, 5.74) is 10.7. The Balaban J connectivity index is 1.76. The molecule has 1 heterocycles. The van der Waals surface area contributed by atoms with E-state index in [-0.39, 0.29) is 30.3 Å². The van der Waals surface area contributed by atoms with Gasteiger partial charge in [-0.3, -0.25) is 14.3 Å². The Hall–Kier alpha value is -2.05. The summed E-state index contributed by atoms with van der Waals surface area (Å²) in [5.74, 6) is 0.0243. The molecule has 0 radical (unpaired) electrons. The van der Waals surface area contributed by atoms with Crippen molar-refractivity contribution >= 4 is 17.6 Å². The van der Waals surface area contributed by atoms with E-state index >= 15 is 0 Å². The molecule has 0 saturated heterocycles. The number of hydrogen-bond donors (Lipinski definition) is 3. The molecule has 0 aromatic carbocycles. The van der Waals surface area contributed by atoms with Gasteiger partial charge in [0.2, 0.25) is 11.8 Å². The Morgan fingerprint density at radius 1 is 1.37 bits per heavy atom. The summed E-state index contributed by atoms with van der Waals surface area (Å²) in [7, 11) is 0. The summed E-state index contributed by atoms with van der Waals surface area (Å²) in [6, 6.07) is 1.77. The van der Waals surface area contributed by atoms with Gasteiger partial charge in [0.1, 0.15) is 12.4 Å².